The number of rotatable bonds is 4. The van der Waals surface area contributed by atoms with Gasteiger partial charge in [0.05, 0.1) is 17.8 Å². The quantitative estimate of drug-likeness (QED) is 0.791. The first-order valence-corrected chi connectivity index (χ1v) is 7.85. The molecule has 1 aliphatic rings. The summed E-state index contributed by atoms with van der Waals surface area (Å²) in [5, 5.41) is 4.73. The minimum absolute atomic E-state index is 0.470. The highest BCUT2D eigenvalue weighted by Gasteiger charge is 2.21. The van der Waals surface area contributed by atoms with Gasteiger partial charge in [0, 0.05) is 12.1 Å². The number of hydrogen-bond donors (Lipinski definition) is 0. The SMILES string of the molecule is Cc1ccccc1Cn1cc(C=O)c(C2CCCCC2)n1. The minimum Gasteiger partial charge on any atom is -0.298 e. The number of nitrogens with zero attached hydrogens (tertiary/aromatic N) is 2. The summed E-state index contributed by atoms with van der Waals surface area (Å²) in [6, 6.07) is 8.33. The van der Waals surface area contributed by atoms with Crippen molar-refractivity contribution in [3.05, 3.63) is 52.8 Å². The summed E-state index contributed by atoms with van der Waals surface area (Å²) < 4.78 is 1.93. The van der Waals surface area contributed by atoms with Crippen LogP contribution in [0.15, 0.2) is 30.5 Å². The summed E-state index contributed by atoms with van der Waals surface area (Å²) >= 11 is 0. The predicted molar refractivity (Wildman–Crippen MR) is 83.7 cm³/mol. The Morgan fingerprint density at radius 3 is 2.71 bits per heavy atom. The number of aromatic nitrogens is 2. The fraction of sp³-hybridized carbons (Fsp3) is 0.444. The number of aryl methyl sites for hydroxylation is 1. The maximum Gasteiger partial charge on any atom is 0.153 e. The van der Waals surface area contributed by atoms with Gasteiger partial charge in [0.15, 0.2) is 6.29 Å². The summed E-state index contributed by atoms with van der Waals surface area (Å²) in [7, 11) is 0. The Morgan fingerprint density at radius 2 is 2.00 bits per heavy atom. The molecule has 1 aromatic heterocycles. The molecule has 110 valence electrons. The predicted octanol–water partition coefficient (Wildman–Crippen LogP) is 4.10. The molecule has 0 radical (unpaired) electrons. The van der Waals surface area contributed by atoms with Crippen LogP contribution in [-0.2, 0) is 6.54 Å². The smallest absolute Gasteiger partial charge is 0.153 e. The third-order valence-corrected chi connectivity index (χ3v) is 4.53. The summed E-state index contributed by atoms with van der Waals surface area (Å²) in [5.74, 6) is 0.470. The monoisotopic (exact) mass is 282 g/mol. The number of carbonyl (C=O) groups is 1. The van der Waals surface area contributed by atoms with Crippen LogP contribution in [-0.4, -0.2) is 16.1 Å². The van der Waals surface area contributed by atoms with Crippen LogP contribution in [0.25, 0.3) is 0 Å². The molecule has 0 atom stereocenters. The van der Waals surface area contributed by atoms with Crippen LogP contribution in [0.1, 0.15) is 65.2 Å². The molecule has 0 unspecified atom stereocenters. The van der Waals surface area contributed by atoms with Gasteiger partial charge in [0.2, 0.25) is 0 Å². The average molecular weight is 282 g/mol. The number of hydrogen-bond acceptors (Lipinski definition) is 2. The Bertz CT molecular complexity index is 624. The van der Waals surface area contributed by atoms with E-state index in [0.717, 1.165) is 24.1 Å². The van der Waals surface area contributed by atoms with Gasteiger partial charge in [-0.2, -0.15) is 5.10 Å². The van der Waals surface area contributed by atoms with Crippen molar-refractivity contribution in [2.75, 3.05) is 0 Å². The van der Waals surface area contributed by atoms with E-state index < -0.39 is 0 Å². The first-order valence-electron chi connectivity index (χ1n) is 7.85. The molecule has 0 spiro atoms. The molecular weight excluding hydrogens is 260 g/mol. The van der Waals surface area contributed by atoms with E-state index in [-0.39, 0.29) is 0 Å². The zero-order chi connectivity index (χ0) is 14.7. The highest BCUT2D eigenvalue weighted by atomic mass is 16.1. The standard InChI is InChI=1S/C18H22N2O/c1-14-7-5-6-10-16(14)11-20-12-17(13-21)18(19-20)15-8-3-2-4-9-15/h5-7,10,12-13,15H,2-4,8-9,11H2,1H3. The molecule has 3 nitrogen and oxygen atoms in total. The minimum atomic E-state index is 0.470. The van der Waals surface area contributed by atoms with Crippen LogP contribution in [0.2, 0.25) is 0 Å². The van der Waals surface area contributed by atoms with E-state index in [1.54, 1.807) is 0 Å². The summed E-state index contributed by atoms with van der Waals surface area (Å²) in [6.45, 7) is 2.85. The van der Waals surface area contributed by atoms with E-state index in [4.69, 9.17) is 5.10 Å². The first-order chi connectivity index (χ1) is 10.3. The van der Waals surface area contributed by atoms with Crippen molar-refractivity contribution in [2.45, 2.75) is 51.5 Å². The molecule has 1 saturated carbocycles. The lowest BCUT2D eigenvalue weighted by Gasteiger charge is -2.20. The van der Waals surface area contributed by atoms with Crippen molar-refractivity contribution in [3.8, 4) is 0 Å². The van der Waals surface area contributed by atoms with Crippen molar-refractivity contribution < 1.29 is 4.79 Å². The Labute approximate surface area is 126 Å². The van der Waals surface area contributed by atoms with E-state index in [2.05, 4.69) is 25.1 Å². The zero-order valence-electron chi connectivity index (χ0n) is 12.6. The molecular formula is C18H22N2O. The number of carbonyl (C=O) groups excluding carboxylic acids is 1. The maximum atomic E-state index is 11.3. The topological polar surface area (TPSA) is 34.9 Å². The van der Waals surface area contributed by atoms with Crippen LogP contribution in [0, 0.1) is 6.92 Å². The molecule has 3 heteroatoms. The molecule has 0 bridgehead atoms. The van der Waals surface area contributed by atoms with Gasteiger partial charge in [0.1, 0.15) is 0 Å². The third kappa shape index (κ3) is 3.07. The second kappa shape index (κ2) is 6.25. The van der Waals surface area contributed by atoms with E-state index in [1.165, 1.54) is 43.2 Å². The van der Waals surface area contributed by atoms with Crippen LogP contribution < -0.4 is 0 Å². The Kier molecular flexibility index (Phi) is 4.18. The van der Waals surface area contributed by atoms with Crippen molar-refractivity contribution in [1.82, 2.24) is 9.78 Å². The van der Waals surface area contributed by atoms with E-state index in [9.17, 15) is 4.79 Å². The Hall–Kier alpha value is -1.90. The van der Waals surface area contributed by atoms with Gasteiger partial charge in [-0.05, 0) is 30.9 Å². The fourth-order valence-electron chi connectivity index (χ4n) is 3.28. The van der Waals surface area contributed by atoms with Gasteiger partial charge >= 0.3 is 0 Å². The van der Waals surface area contributed by atoms with E-state index >= 15 is 0 Å². The van der Waals surface area contributed by atoms with E-state index in [0.29, 0.717) is 5.92 Å². The summed E-state index contributed by atoms with van der Waals surface area (Å²) in [4.78, 5) is 11.3. The van der Waals surface area contributed by atoms with Crippen LogP contribution in [0.5, 0.6) is 0 Å². The second-order valence-electron chi connectivity index (χ2n) is 6.05. The molecule has 1 heterocycles. The van der Waals surface area contributed by atoms with Crippen LogP contribution in [0.4, 0.5) is 0 Å². The highest BCUT2D eigenvalue weighted by molar-refractivity contribution is 5.76. The number of benzene rings is 1. The molecule has 2 aromatic rings. The molecule has 1 fully saturated rings. The second-order valence-corrected chi connectivity index (χ2v) is 6.05. The Balaban J connectivity index is 1.85. The maximum absolute atomic E-state index is 11.3. The third-order valence-electron chi connectivity index (χ3n) is 4.53. The Morgan fingerprint density at radius 1 is 1.24 bits per heavy atom. The lowest BCUT2D eigenvalue weighted by molar-refractivity contribution is 0.112. The molecule has 21 heavy (non-hydrogen) atoms. The average Bonchev–Trinajstić information content (AvgIpc) is 2.93. The molecule has 1 aliphatic carbocycles. The van der Waals surface area contributed by atoms with Crippen molar-refractivity contribution in [3.63, 3.8) is 0 Å². The van der Waals surface area contributed by atoms with Gasteiger partial charge < -0.3 is 0 Å². The van der Waals surface area contributed by atoms with Gasteiger partial charge in [0.25, 0.3) is 0 Å². The largest absolute Gasteiger partial charge is 0.298 e. The molecule has 0 aliphatic heterocycles. The van der Waals surface area contributed by atoms with Gasteiger partial charge in [-0.3, -0.25) is 9.48 Å². The lowest BCUT2D eigenvalue weighted by Crippen LogP contribution is -2.08. The van der Waals surface area contributed by atoms with Gasteiger partial charge in [-0.25, -0.2) is 0 Å². The van der Waals surface area contributed by atoms with Crippen LogP contribution >= 0.6 is 0 Å². The lowest BCUT2D eigenvalue weighted by atomic mass is 9.86. The van der Waals surface area contributed by atoms with Crippen molar-refractivity contribution >= 4 is 6.29 Å². The molecule has 0 saturated heterocycles. The van der Waals surface area contributed by atoms with Gasteiger partial charge in [-0.15, -0.1) is 0 Å². The number of aldehydes is 1. The van der Waals surface area contributed by atoms with Crippen molar-refractivity contribution in [1.29, 1.82) is 0 Å². The summed E-state index contributed by atoms with van der Waals surface area (Å²) in [6.07, 6.45) is 9.04. The fourth-order valence-corrected chi connectivity index (χ4v) is 3.28. The summed E-state index contributed by atoms with van der Waals surface area (Å²) in [5.41, 5.74) is 4.31. The first kappa shape index (κ1) is 14.1. The highest BCUT2D eigenvalue weighted by Crippen LogP contribution is 2.33. The molecule has 0 amide bonds. The normalized spacial score (nSPS) is 16.0. The zero-order valence-corrected chi connectivity index (χ0v) is 12.6. The van der Waals surface area contributed by atoms with Crippen LogP contribution in [0.3, 0.4) is 0 Å². The molecule has 1 aromatic carbocycles. The molecule has 3 rings (SSSR count). The van der Waals surface area contributed by atoms with Gasteiger partial charge in [-0.1, -0.05) is 43.5 Å². The molecule has 0 N–H and O–H groups in total. The van der Waals surface area contributed by atoms with Crippen molar-refractivity contribution in [2.24, 2.45) is 0 Å². The van der Waals surface area contributed by atoms with E-state index in [1.807, 2.05) is 16.9 Å².